The molecule has 0 aromatic carbocycles. The molecule has 0 saturated heterocycles. The van der Waals surface area contributed by atoms with Gasteiger partial charge in [0.15, 0.2) is 0 Å². The fourth-order valence-corrected chi connectivity index (χ4v) is 20.5. The van der Waals surface area contributed by atoms with Crippen LogP contribution < -0.4 is 0 Å². The van der Waals surface area contributed by atoms with Crippen LogP contribution in [0.1, 0.15) is 723 Å². The van der Waals surface area contributed by atoms with Crippen LogP contribution in [0.25, 0.3) is 0 Å². The van der Waals surface area contributed by atoms with Gasteiger partial charge in [-0.3, -0.25) is 0 Å². The van der Waals surface area contributed by atoms with Crippen LogP contribution in [-0.2, 0) is 90.9 Å². The maximum atomic E-state index is 5.64. The fraction of sp³-hybridized carbons (Fsp3) is 0.968. The van der Waals surface area contributed by atoms with Gasteiger partial charge < -0.3 is 119 Å². The van der Waals surface area contributed by atoms with Crippen molar-refractivity contribution in [1.82, 2.24) is 20.3 Å². The van der Waals surface area contributed by atoms with Crippen LogP contribution in [0.4, 0.5) is 0 Å². The standard InChI is InChI=1S/4C31H63NOS2.Mo/c4*1-3-5-7-9-11-13-15-17-19-21-23-25-27-29-32(33-31(34)35)30-28-26-24-22-20-18-16-14-12-10-8-6-4-2;/h4*3-30H2,1-2H3,(H,34,35);/q;;;;+4/p-4. The molecule has 0 radical (unpaired) electrons. The van der Waals surface area contributed by atoms with Crippen molar-refractivity contribution in [2.24, 2.45) is 0 Å². The fourth-order valence-electron chi connectivity index (χ4n) is 19.7. The zero-order valence-electron chi connectivity index (χ0n) is 96.3. The molecule has 17 heteroatoms. The van der Waals surface area contributed by atoms with Gasteiger partial charge in [0, 0.05) is 52.4 Å². The minimum Gasteiger partial charge on any atom is -0.426 e. The summed E-state index contributed by atoms with van der Waals surface area (Å²) in [4.78, 5) is 22.6. The van der Waals surface area contributed by atoms with E-state index in [1.165, 1.54) is 668 Å². The second-order valence-corrected chi connectivity index (χ2v) is 47.0. The van der Waals surface area contributed by atoms with E-state index in [2.05, 4.69) is 55.4 Å². The zero-order chi connectivity index (χ0) is 103. The predicted molar refractivity (Wildman–Crippen MR) is 656 cm³/mol. The van der Waals surface area contributed by atoms with Gasteiger partial charge in [-0.05, 0) is 51.4 Å². The Bertz CT molecular complexity index is 1870. The molecule has 0 saturated carbocycles. The summed E-state index contributed by atoms with van der Waals surface area (Å²) in [6.07, 6.45) is 144. The minimum absolute atomic E-state index is 0. The third-order valence-electron chi connectivity index (χ3n) is 28.9. The molecule has 0 unspecified atom stereocenters. The summed E-state index contributed by atoms with van der Waals surface area (Å²) in [7, 11) is 0. The molecule has 0 rings (SSSR count). The van der Waals surface area contributed by atoms with E-state index in [0.717, 1.165) is 52.4 Å². The van der Waals surface area contributed by atoms with Crippen LogP contribution in [0.2, 0.25) is 0 Å². The van der Waals surface area contributed by atoms with Crippen LogP contribution >= 0.6 is 48.9 Å². The summed E-state index contributed by atoms with van der Waals surface area (Å²) >= 11 is 40.2. The van der Waals surface area contributed by atoms with E-state index in [9.17, 15) is 0 Å². The Morgan fingerprint density at radius 3 is 0.234 bits per heavy atom. The summed E-state index contributed by atoms with van der Waals surface area (Å²) < 4.78 is 0.979. The topological polar surface area (TPSA) is 49.9 Å². The molecule has 0 aliphatic rings. The largest absolute Gasteiger partial charge is 4.00 e. The molecule has 0 aromatic rings. The molecule has 0 aliphatic carbocycles. The number of rotatable bonds is 116. The Hall–Kier alpha value is 0.968. The van der Waals surface area contributed by atoms with Crippen LogP contribution in [0.5, 0.6) is 0 Å². The van der Waals surface area contributed by atoms with Crippen LogP contribution in [0.15, 0.2) is 0 Å². The summed E-state index contributed by atoms with van der Waals surface area (Å²) in [5, 5.41) is 8.14. The van der Waals surface area contributed by atoms with E-state index in [1.54, 1.807) is 0 Å². The van der Waals surface area contributed by atoms with Crippen molar-refractivity contribution < 1.29 is 40.4 Å². The summed E-state index contributed by atoms with van der Waals surface area (Å²) in [5.41, 5.74) is 0. The van der Waals surface area contributed by atoms with E-state index in [1.807, 2.05) is 20.3 Å². The van der Waals surface area contributed by atoms with Crippen molar-refractivity contribution in [1.29, 1.82) is 0 Å². The van der Waals surface area contributed by atoms with E-state index < -0.39 is 0 Å². The molecular formula is C124H248MoN4O4S8. The number of thiocarbonyl (C=S) groups is 4. The molecular weight excluding hydrogens is 1960 g/mol. The summed E-state index contributed by atoms with van der Waals surface area (Å²) in [6.45, 7) is 26.0. The first kappa shape index (κ1) is 150. The molecule has 0 amide bonds. The Morgan fingerprint density at radius 2 is 0.177 bits per heavy atom. The van der Waals surface area contributed by atoms with Crippen molar-refractivity contribution in [3.63, 3.8) is 0 Å². The smallest absolute Gasteiger partial charge is 0.426 e. The van der Waals surface area contributed by atoms with Crippen molar-refractivity contribution in [3.8, 4) is 0 Å². The van der Waals surface area contributed by atoms with E-state index in [4.69, 9.17) is 119 Å². The Morgan fingerprint density at radius 1 is 0.121 bits per heavy atom. The van der Waals surface area contributed by atoms with Crippen LogP contribution in [0, 0.1) is 0 Å². The van der Waals surface area contributed by atoms with Gasteiger partial charge in [-0.25, -0.2) is 0 Å². The molecule has 842 valence electrons. The number of nitrogens with zero attached hydrogens (tertiary/aromatic N) is 4. The molecule has 0 aliphatic heterocycles. The number of unbranched alkanes of at least 4 members (excludes halogenated alkanes) is 96. The van der Waals surface area contributed by atoms with Gasteiger partial charge in [-0.1, -0.05) is 672 Å². The normalized spacial score (nSPS) is 11.3. The Labute approximate surface area is 944 Å². The second-order valence-electron chi connectivity index (χ2n) is 43.0. The minimum atomic E-state index is 0. The van der Waals surface area contributed by atoms with Gasteiger partial charge in [0.25, 0.3) is 0 Å². The maximum Gasteiger partial charge on any atom is 4.00 e. The molecule has 0 spiro atoms. The van der Waals surface area contributed by atoms with Crippen LogP contribution in [0.3, 0.4) is 0 Å². The maximum absolute atomic E-state index is 5.64. The van der Waals surface area contributed by atoms with Gasteiger partial charge >= 0.3 is 21.1 Å². The van der Waals surface area contributed by atoms with Crippen molar-refractivity contribution >= 4 is 117 Å². The Balaban J connectivity index is -0.000000582. The van der Waals surface area contributed by atoms with Crippen LogP contribution in [-0.4, -0.2) is 90.1 Å². The first-order valence-electron chi connectivity index (χ1n) is 63.4. The number of hydrogen-bond donors (Lipinski definition) is 0. The van der Waals surface area contributed by atoms with Crippen molar-refractivity contribution in [3.05, 3.63) is 0 Å². The second kappa shape index (κ2) is 139. The average Bonchev–Trinajstić information content (AvgIpc) is 0.991. The number of hydrogen-bond acceptors (Lipinski definition) is 16. The molecule has 141 heavy (non-hydrogen) atoms. The molecule has 8 nitrogen and oxygen atoms in total. The monoisotopic (exact) mass is 2210 g/mol. The van der Waals surface area contributed by atoms with E-state index >= 15 is 0 Å². The van der Waals surface area contributed by atoms with Gasteiger partial charge in [0.2, 0.25) is 0 Å². The van der Waals surface area contributed by atoms with Gasteiger partial charge in [-0.2, -0.15) is 0 Å². The quantitative estimate of drug-likeness (QED) is 0.0191. The first-order chi connectivity index (χ1) is 68.8. The van der Waals surface area contributed by atoms with E-state index in [-0.39, 0.29) is 38.6 Å². The number of hydroxylamine groups is 8. The molecule has 0 N–H and O–H groups in total. The average molecular weight is 2210 g/mol. The van der Waals surface area contributed by atoms with E-state index in [0.29, 0.717) is 0 Å². The van der Waals surface area contributed by atoms with Gasteiger partial charge in [0.05, 0.1) is 17.5 Å². The zero-order valence-corrected chi connectivity index (χ0v) is 105. The van der Waals surface area contributed by atoms with Gasteiger partial charge in [-0.15, -0.1) is 20.3 Å². The van der Waals surface area contributed by atoms with Gasteiger partial charge in [0.1, 0.15) is 0 Å². The first-order valence-corrected chi connectivity index (χ1v) is 66.6. The third kappa shape index (κ3) is 145. The predicted octanol–water partition coefficient (Wildman–Crippen LogP) is 44.9. The summed E-state index contributed by atoms with van der Waals surface area (Å²) in [6, 6.07) is 0. The molecule has 0 atom stereocenters. The third-order valence-corrected chi connectivity index (χ3v) is 29.5. The summed E-state index contributed by atoms with van der Waals surface area (Å²) in [5.74, 6) is 0. The molecule has 0 aromatic heterocycles. The molecule has 0 fully saturated rings. The Kier molecular flexibility index (Phi) is 148. The van der Waals surface area contributed by atoms with Crippen molar-refractivity contribution in [2.45, 2.75) is 723 Å². The van der Waals surface area contributed by atoms with Crippen molar-refractivity contribution in [2.75, 3.05) is 52.4 Å². The molecule has 0 bridgehead atoms. The molecule has 0 heterocycles. The SMILES string of the molecule is CCCCCCCCCCCCCCCN(CCCCCCCCCCCCCCC)OC(=S)[S-].CCCCCCCCCCCCCCCN(CCCCCCCCCCCCCCC)OC(=S)[S-].CCCCCCCCCCCCCCCN(CCCCCCCCCCCCCCC)OC(=S)[S-].CCCCCCCCCCCCCCCN(CCCCCCCCCCCCCCC)OC(=S)[S-].[Mo+4].